The first-order valence-electron chi connectivity index (χ1n) is 12.3. The van der Waals surface area contributed by atoms with E-state index >= 15 is 0 Å². The van der Waals surface area contributed by atoms with Crippen molar-refractivity contribution in [3.05, 3.63) is 52.0 Å². The van der Waals surface area contributed by atoms with Gasteiger partial charge in [0.15, 0.2) is 12.7 Å². The normalized spacial score (nSPS) is 25.3. The number of sulfone groups is 1. The Kier molecular flexibility index (Phi) is 6.94. The van der Waals surface area contributed by atoms with Gasteiger partial charge in [-0.2, -0.15) is 0 Å². The third-order valence-electron chi connectivity index (χ3n) is 7.26. The average Bonchev–Trinajstić information content (AvgIpc) is 2.80. The number of carbonyl (C=O) groups excluding carboxylic acids is 2. The Labute approximate surface area is 231 Å². The Bertz CT molecular complexity index is 1380. The van der Waals surface area contributed by atoms with Crippen molar-refractivity contribution in [3.8, 4) is 11.5 Å². The topological polar surface area (TPSA) is 114 Å². The van der Waals surface area contributed by atoms with E-state index in [1.807, 2.05) is 11.8 Å². The van der Waals surface area contributed by atoms with Gasteiger partial charge in [0.25, 0.3) is 11.8 Å². The highest BCUT2D eigenvalue weighted by molar-refractivity contribution is 7.90. The van der Waals surface area contributed by atoms with E-state index in [0.29, 0.717) is 46.5 Å². The highest BCUT2D eigenvalue weighted by Crippen LogP contribution is 2.60. The van der Waals surface area contributed by atoms with Gasteiger partial charge in [-0.1, -0.05) is 23.2 Å². The summed E-state index contributed by atoms with van der Waals surface area (Å²) in [6.07, 6.45) is 2.27. The smallest absolute Gasteiger partial charge is 0.263 e. The van der Waals surface area contributed by atoms with Crippen LogP contribution in [0, 0.1) is 6.92 Å². The van der Waals surface area contributed by atoms with E-state index in [2.05, 4.69) is 10.6 Å². The Morgan fingerprint density at radius 1 is 1.11 bits per heavy atom. The molecule has 3 saturated carbocycles. The van der Waals surface area contributed by atoms with Gasteiger partial charge in [0.05, 0.1) is 18.0 Å². The molecule has 3 fully saturated rings. The molecule has 0 spiro atoms. The summed E-state index contributed by atoms with van der Waals surface area (Å²) in [7, 11) is -3.20. The molecule has 1 atom stereocenters. The molecule has 1 heterocycles. The molecule has 3 aliphatic carbocycles. The second-order valence-electron chi connectivity index (χ2n) is 10.6. The molecule has 0 radical (unpaired) electrons. The van der Waals surface area contributed by atoms with Crippen molar-refractivity contribution in [2.45, 2.75) is 43.4 Å². The third kappa shape index (κ3) is 5.67. The summed E-state index contributed by atoms with van der Waals surface area (Å²) in [6, 6.07) is 10.3. The molecular formula is C26H29Cl2N3O6S. The van der Waals surface area contributed by atoms with Crippen LogP contribution < -0.4 is 25.0 Å². The predicted molar refractivity (Wildman–Crippen MR) is 145 cm³/mol. The van der Waals surface area contributed by atoms with Gasteiger partial charge >= 0.3 is 0 Å². The minimum absolute atomic E-state index is 0.0548. The van der Waals surface area contributed by atoms with Crippen LogP contribution in [0.5, 0.6) is 11.5 Å². The summed E-state index contributed by atoms with van der Waals surface area (Å²) in [5.74, 6) is 0.512. The molecular weight excluding hydrogens is 553 g/mol. The summed E-state index contributed by atoms with van der Waals surface area (Å²) in [5, 5.41) is 7.27. The molecule has 2 N–H and O–H groups in total. The molecule has 2 bridgehead atoms. The lowest BCUT2D eigenvalue weighted by Crippen LogP contribution is -2.84. The number of halogens is 2. The van der Waals surface area contributed by atoms with Gasteiger partial charge in [-0.15, -0.1) is 0 Å². The second-order valence-corrected chi connectivity index (χ2v) is 13.7. The number of nitrogens with zero attached hydrogens (tertiary/aromatic N) is 1. The fourth-order valence-corrected chi connectivity index (χ4v) is 6.37. The van der Waals surface area contributed by atoms with E-state index < -0.39 is 15.9 Å². The highest BCUT2D eigenvalue weighted by atomic mass is 35.5. The van der Waals surface area contributed by atoms with E-state index in [0.717, 1.165) is 5.56 Å². The van der Waals surface area contributed by atoms with Crippen LogP contribution in [0.15, 0.2) is 36.4 Å². The van der Waals surface area contributed by atoms with E-state index in [1.165, 1.54) is 6.26 Å². The molecule has 2 aromatic carbocycles. The Balaban J connectivity index is 1.13. The summed E-state index contributed by atoms with van der Waals surface area (Å²) in [5.41, 5.74) is 0.824. The number of ether oxygens (including phenoxy) is 2. The lowest BCUT2D eigenvalue weighted by Gasteiger charge is -2.70. The largest absolute Gasteiger partial charge is 0.484 e. The molecule has 9 nitrogen and oxygen atoms in total. The molecule has 204 valence electrons. The number of hydrogen-bond acceptors (Lipinski definition) is 7. The van der Waals surface area contributed by atoms with Crippen LogP contribution >= 0.6 is 23.2 Å². The van der Waals surface area contributed by atoms with Gasteiger partial charge in [-0.25, -0.2) is 8.42 Å². The van der Waals surface area contributed by atoms with Crippen LogP contribution in [0.2, 0.25) is 10.0 Å². The van der Waals surface area contributed by atoms with Crippen molar-refractivity contribution < 1.29 is 27.5 Å². The zero-order valence-electron chi connectivity index (χ0n) is 21.1. The minimum atomic E-state index is -3.20. The number of rotatable bonds is 9. The lowest BCUT2D eigenvalue weighted by molar-refractivity contribution is -0.153. The van der Waals surface area contributed by atoms with E-state index in [1.54, 1.807) is 36.4 Å². The number of amides is 2. The number of anilines is 1. The summed E-state index contributed by atoms with van der Waals surface area (Å²) in [6.45, 7) is 2.18. The minimum Gasteiger partial charge on any atom is -0.484 e. The molecule has 2 amide bonds. The molecule has 1 aliphatic heterocycles. The fraction of sp³-hybridized carbons (Fsp3) is 0.462. The van der Waals surface area contributed by atoms with Crippen molar-refractivity contribution in [1.82, 2.24) is 10.6 Å². The van der Waals surface area contributed by atoms with Crippen molar-refractivity contribution in [2.75, 3.05) is 36.6 Å². The van der Waals surface area contributed by atoms with Crippen molar-refractivity contribution in [1.29, 1.82) is 0 Å². The van der Waals surface area contributed by atoms with Crippen LogP contribution in [-0.2, 0) is 19.4 Å². The van der Waals surface area contributed by atoms with Gasteiger partial charge in [0, 0.05) is 33.9 Å². The molecule has 2 aromatic rings. The van der Waals surface area contributed by atoms with Crippen molar-refractivity contribution in [2.24, 2.45) is 0 Å². The third-order valence-corrected chi connectivity index (χ3v) is 8.85. The van der Waals surface area contributed by atoms with E-state index in [9.17, 15) is 18.0 Å². The Hall–Kier alpha value is -2.69. The summed E-state index contributed by atoms with van der Waals surface area (Å²) < 4.78 is 35.0. The first-order chi connectivity index (χ1) is 17.8. The van der Waals surface area contributed by atoms with E-state index in [4.69, 9.17) is 32.7 Å². The standard InChI is InChI=1S/C26H29Cl2N3O6S/c1-16-9-18(4-5-19(16)28)36-12-23(32)29-25-13-26(14-25,15-25)30-24(33)22-11-31(7-8-38(2,34)35)20-10-17(27)3-6-21(20)37-22/h3-6,9-10,22H,7-8,11-15H2,1-2H3,(H,29,32)(H,30,33). The van der Waals surface area contributed by atoms with Crippen LogP contribution in [0.1, 0.15) is 24.8 Å². The lowest BCUT2D eigenvalue weighted by atomic mass is 9.44. The monoisotopic (exact) mass is 581 g/mol. The van der Waals surface area contributed by atoms with Crippen LogP contribution in [0.4, 0.5) is 5.69 Å². The number of hydrogen-bond donors (Lipinski definition) is 2. The maximum Gasteiger partial charge on any atom is 0.263 e. The number of fused-ring (bicyclic) bond motifs is 1. The van der Waals surface area contributed by atoms with Crippen LogP contribution in [0.3, 0.4) is 0 Å². The fourth-order valence-electron chi connectivity index (χ4n) is 5.53. The number of aryl methyl sites for hydroxylation is 1. The van der Waals surface area contributed by atoms with Crippen molar-refractivity contribution in [3.63, 3.8) is 0 Å². The van der Waals surface area contributed by atoms with Gasteiger partial charge in [0.1, 0.15) is 21.3 Å². The average molecular weight is 583 g/mol. The maximum absolute atomic E-state index is 13.2. The van der Waals surface area contributed by atoms with Gasteiger partial charge < -0.3 is 25.0 Å². The number of carbonyl (C=O) groups is 2. The number of nitrogens with one attached hydrogen (secondary N) is 2. The van der Waals surface area contributed by atoms with Crippen molar-refractivity contribution >= 4 is 50.5 Å². The van der Waals surface area contributed by atoms with Gasteiger partial charge in [-0.3, -0.25) is 9.59 Å². The van der Waals surface area contributed by atoms with Gasteiger partial charge in [0.2, 0.25) is 0 Å². The summed E-state index contributed by atoms with van der Waals surface area (Å²) >= 11 is 12.2. The molecule has 12 heteroatoms. The first-order valence-corrected chi connectivity index (χ1v) is 15.1. The molecule has 0 saturated heterocycles. The zero-order chi connectivity index (χ0) is 27.3. The number of benzene rings is 2. The molecule has 0 aromatic heterocycles. The first kappa shape index (κ1) is 26.9. The molecule has 4 aliphatic rings. The second kappa shape index (κ2) is 9.81. The molecule has 38 heavy (non-hydrogen) atoms. The maximum atomic E-state index is 13.2. The highest BCUT2D eigenvalue weighted by Gasteiger charge is 2.69. The van der Waals surface area contributed by atoms with Gasteiger partial charge in [-0.05, 0) is 68.1 Å². The van der Waals surface area contributed by atoms with E-state index in [-0.39, 0.29) is 48.3 Å². The zero-order valence-corrected chi connectivity index (χ0v) is 23.4. The van der Waals surface area contributed by atoms with Crippen LogP contribution in [-0.4, -0.2) is 69.1 Å². The predicted octanol–water partition coefficient (Wildman–Crippen LogP) is 2.90. The molecule has 1 unspecified atom stereocenters. The molecule has 6 rings (SSSR count). The quantitative estimate of drug-likeness (QED) is 0.468. The van der Waals surface area contributed by atoms with Crippen LogP contribution in [0.25, 0.3) is 0 Å². The summed E-state index contributed by atoms with van der Waals surface area (Å²) in [4.78, 5) is 27.4. The Morgan fingerprint density at radius 3 is 2.50 bits per heavy atom. The Morgan fingerprint density at radius 2 is 1.82 bits per heavy atom. The SMILES string of the molecule is Cc1cc(OCC(=O)NC23CC(NC(=O)C4CN(CCS(C)(=O)=O)c5cc(Cl)ccc5O4)(C2)C3)ccc1Cl.